The van der Waals surface area contributed by atoms with E-state index in [-0.39, 0.29) is 24.5 Å². The third-order valence-corrected chi connectivity index (χ3v) is 4.76. The smallest absolute Gasteiger partial charge is 0.222 e. The van der Waals surface area contributed by atoms with Crippen molar-refractivity contribution in [1.29, 1.82) is 0 Å². The van der Waals surface area contributed by atoms with Gasteiger partial charge in [0.25, 0.3) is 0 Å². The minimum atomic E-state index is -0.791. The maximum absolute atomic E-state index is 11.9. The number of amides is 1. The number of aliphatic hydroxyl groups excluding tert-OH is 2. The molecule has 0 aromatic rings. The molecule has 2 aliphatic rings. The maximum Gasteiger partial charge on any atom is 0.222 e. The van der Waals surface area contributed by atoms with Gasteiger partial charge in [-0.2, -0.15) is 0 Å². The van der Waals surface area contributed by atoms with Crippen LogP contribution in [0, 0.1) is 0 Å². The number of unbranched alkanes of at least 4 members (excludes halogenated alkanes) is 1. The van der Waals surface area contributed by atoms with E-state index in [9.17, 15) is 15.0 Å². The van der Waals surface area contributed by atoms with Crippen molar-refractivity contribution in [2.45, 2.75) is 89.5 Å². The van der Waals surface area contributed by atoms with Crippen LogP contribution in [0.15, 0.2) is 0 Å². The van der Waals surface area contributed by atoms with E-state index in [2.05, 4.69) is 0 Å². The van der Waals surface area contributed by atoms with E-state index in [1.807, 2.05) is 11.8 Å². The number of carbonyl (C=O) groups excluding carboxylic acids is 1. The van der Waals surface area contributed by atoms with Crippen molar-refractivity contribution in [2.24, 2.45) is 0 Å². The van der Waals surface area contributed by atoms with E-state index in [0.717, 1.165) is 45.2 Å². The normalized spacial score (nSPS) is 33.0. The van der Waals surface area contributed by atoms with Gasteiger partial charge in [-0.3, -0.25) is 4.79 Å². The summed E-state index contributed by atoms with van der Waals surface area (Å²) >= 11 is 0. The van der Waals surface area contributed by atoms with Gasteiger partial charge in [0.05, 0.1) is 18.3 Å². The van der Waals surface area contributed by atoms with Gasteiger partial charge in [0, 0.05) is 25.9 Å². The minimum Gasteiger partial charge on any atom is -0.390 e. The highest BCUT2D eigenvalue weighted by atomic mass is 16.7. The Kier molecular flexibility index (Phi) is 7.27. The predicted molar refractivity (Wildman–Crippen MR) is 85.8 cm³/mol. The first-order valence-corrected chi connectivity index (χ1v) is 8.92. The Bertz CT molecular complexity index is 372. The average molecular weight is 329 g/mol. The van der Waals surface area contributed by atoms with Gasteiger partial charge in [0.1, 0.15) is 6.10 Å². The zero-order valence-electron chi connectivity index (χ0n) is 14.3. The lowest BCUT2D eigenvalue weighted by Gasteiger charge is -2.36. The SMILES string of the molecule is C[C@H](CCCCC(=O)N1CCCC1)O[C@@H]1O[C@@H](C)[C@H](O)C[C@H]1O. The van der Waals surface area contributed by atoms with Gasteiger partial charge in [-0.15, -0.1) is 0 Å². The lowest BCUT2D eigenvalue weighted by Crippen LogP contribution is -2.48. The number of hydrogen-bond acceptors (Lipinski definition) is 5. The Labute approximate surface area is 138 Å². The van der Waals surface area contributed by atoms with Crippen molar-refractivity contribution in [3.8, 4) is 0 Å². The summed E-state index contributed by atoms with van der Waals surface area (Å²) in [6, 6.07) is 0. The summed E-state index contributed by atoms with van der Waals surface area (Å²) in [7, 11) is 0. The molecule has 5 atom stereocenters. The van der Waals surface area contributed by atoms with Crippen LogP contribution >= 0.6 is 0 Å². The standard InChI is InChI=1S/C17H31NO5/c1-12(22-17-15(20)11-14(19)13(2)23-17)7-3-4-8-16(21)18-9-5-6-10-18/h12-15,17,19-20H,3-11H2,1-2H3/t12-,13+,14-,15-,17-/m1/s1. The van der Waals surface area contributed by atoms with E-state index in [0.29, 0.717) is 6.42 Å². The van der Waals surface area contributed by atoms with Gasteiger partial charge in [-0.05, 0) is 39.5 Å². The molecule has 0 radical (unpaired) electrons. The molecule has 0 unspecified atom stereocenters. The van der Waals surface area contributed by atoms with E-state index >= 15 is 0 Å². The van der Waals surface area contributed by atoms with Crippen molar-refractivity contribution in [1.82, 2.24) is 4.90 Å². The number of likely N-dealkylation sites (tertiary alicyclic amines) is 1. The summed E-state index contributed by atoms with van der Waals surface area (Å²) in [6.45, 7) is 5.56. The summed E-state index contributed by atoms with van der Waals surface area (Å²) in [5.41, 5.74) is 0. The van der Waals surface area contributed by atoms with Crippen molar-refractivity contribution >= 4 is 5.91 Å². The van der Waals surface area contributed by atoms with Crippen LogP contribution < -0.4 is 0 Å². The molecule has 0 bridgehead atoms. The third-order valence-electron chi connectivity index (χ3n) is 4.76. The first-order valence-electron chi connectivity index (χ1n) is 8.92. The topological polar surface area (TPSA) is 79.2 Å². The molecule has 0 spiro atoms. The average Bonchev–Trinajstić information content (AvgIpc) is 3.03. The highest BCUT2D eigenvalue weighted by Gasteiger charge is 2.35. The molecule has 0 aromatic carbocycles. The van der Waals surface area contributed by atoms with Gasteiger partial charge in [-0.1, -0.05) is 6.42 Å². The number of aliphatic hydroxyl groups is 2. The summed E-state index contributed by atoms with van der Waals surface area (Å²) in [6.07, 6.45) is 3.30. The van der Waals surface area contributed by atoms with E-state index in [1.165, 1.54) is 0 Å². The first kappa shape index (κ1) is 18.6. The molecule has 0 saturated carbocycles. The molecule has 0 aliphatic carbocycles. The lowest BCUT2D eigenvalue weighted by molar-refractivity contribution is -0.273. The highest BCUT2D eigenvalue weighted by molar-refractivity contribution is 5.76. The number of rotatable bonds is 7. The second-order valence-electron chi connectivity index (χ2n) is 6.86. The van der Waals surface area contributed by atoms with Gasteiger partial charge < -0.3 is 24.6 Å². The van der Waals surface area contributed by atoms with Crippen LogP contribution in [-0.2, 0) is 14.3 Å². The molecule has 2 N–H and O–H groups in total. The van der Waals surface area contributed by atoms with Crippen LogP contribution in [-0.4, -0.2) is 64.8 Å². The monoisotopic (exact) mass is 329 g/mol. The van der Waals surface area contributed by atoms with Crippen LogP contribution in [0.4, 0.5) is 0 Å². The molecular formula is C17H31NO5. The van der Waals surface area contributed by atoms with Crippen molar-refractivity contribution in [3.63, 3.8) is 0 Å². The Morgan fingerprint density at radius 2 is 1.96 bits per heavy atom. The predicted octanol–water partition coefficient (Wildman–Crippen LogP) is 1.43. The summed E-state index contributed by atoms with van der Waals surface area (Å²) in [5, 5.41) is 19.6. The summed E-state index contributed by atoms with van der Waals surface area (Å²) in [4.78, 5) is 13.9. The zero-order chi connectivity index (χ0) is 16.8. The van der Waals surface area contributed by atoms with Crippen LogP contribution in [0.5, 0.6) is 0 Å². The third kappa shape index (κ3) is 5.71. The largest absolute Gasteiger partial charge is 0.390 e. The zero-order valence-corrected chi connectivity index (χ0v) is 14.3. The molecule has 23 heavy (non-hydrogen) atoms. The van der Waals surface area contributed by atoms with Gasteiger partial charge in [0.15, 0.2) is 6.29 Å². The maximum atomic E-state index is 11.9. The van der Waals surface area contributed by atoms with Gasteiger partial charge >= 0.3 is 0 Å². The highest BCUT2D eigenvalue weighted by Crippen LogP contribution is 2.23. The molecule has 0 aromatic heterocycles. The van der Waals surface area contributed by atoms with Gasteiger partial charge in [0.2, 0.25) is 5.91 Å². The molecule has 2 heterocycles. The second-order valence-corrected chi connectivity index (χ2v) is 6.86. The molecule has 6 heteroatoms. The van der Waals surface area contributed by atoms with Crippen LogP contribution in [0.1, 0.15) is 58.8 Å². The Morgan fingerprint density at radius 1 is 1.26 bits per heavy atom. The van der Waals surface area contributed by atoms with Crippen molar-refractivity contribution in [2.75, 3.05) is 13.1 Å². The van der Waals surface area contributed by atoms with Crippen molar-refractivity contribution in [3.05, 3.63) is 0 Å². The summed E-state index contributed by atoms with van der Waals surface area (Å²) in [5.74, 6) is 0.268. The minimum absolute atomic E-state index is 0.0426. The second kappa shape index (κ2) is 8.97. The van der Waals surface area contributed by atoms with E-state index in [4.69, 9.17) is 9.47 Å². The number of hydrogen-bond donors (Lipinski definition) is 2. The molecular weight excluding hydrogens is 298 g/mol. The van der Waals surface area contributed by atoms with Crippen LogP contribution in [0.3, 0.4) is 0 Å². The van der Waals surface area contributed by atoms with Crippen LogP contribution in [0.25, 0.3) is 0 Å². The van der Waals surface area contributed by atoms with Gasteiger partial charge in [-0.25, -0.2) is 0 Å². The number of ether oxygens (including phenoxy) is 2. The fourth-order valence-corrected chi connectivity index (χ4v) is 3.20. The quantitative estimate of drug-likeness (QED) is 0.691. The first-order chi connectivity index (χ1) is 11.0. The van der Waals surface area contributed by atoms with E-state index < -0.39 is 18.5 Å². The Hall–Kier alpha value is -0.690. The van der Waals surface area contributed by atoms with Crippen LogP contribution in [0.2, 0.25) is 0 Å². The molecule has 2 rings (SSSR count). The van der Waals surface area contributed by atoms with Crippen molar-refractivity contribution < 1.29 is 24.5 Å². The summed E-state index contributed by atoms with van der Waals surface area (Å²) < 4.78 is 11.3. The molecule has 1 amide bonds. The molecule has 134 valence electrons. The Morgan fingerprint density at radius 3 is 2.65 bits per heavy atom. The fourth-order valence-electron chi connectivity index (χ4n) is 3.20. The molecule has 2 aliphatic heterocycles. The number of nitrogens with zero attached hydrogens (tertiary/aromatic N) is 1. The lowest BCUT2D eigenvalue weighted by atomic mass is 10.0. The molecule has 2 fully saturated rings. The molecule has 2 saturated heterocycles. The number of carbonyl (C=O) groups is 1. The fraction of sp³-hybridized carbons (Fsp3) is 0.941. The Balaban J connectivity index is 1.59. The van der Waals surface area contributed by atoms with E-state index in [1.54, 1.807) is 6.92 Å². The molecule has 6 nitrogen and oxygen atoms in total.